The molecule has 0 fully saturated rings. The lowest BCUT2D eigenvalue weighted by Gasteiger charge is -2.41. The molecular formula is C31H36N2O3. The molecule has 2 unspecified atom stereocenters. The number of nitrogens with zero attached hydrogens (tertiary/aromatic N) is 1. The topological polar surface area (TPSA) is 58.6 Å². The van der Waals surface area contributed by atoms with E-state index >= 15 is 0 Å². The highest BCUT2D eigenvalue weighted by molar-refractivity contribution is 5.83. The first-order valence-electron chi connectivity index (χ1n) is 12.6. The minimum absolute atomic E-state index is 0.122. The summed E-state index contributed by atoms with van der Waals surface area (Å²) in [4.78, 5) is 28.1. The number of carbonyl (C=O) groups excluding carboxylic acids is 2. The number of ether oxygens (including phenoxy) is 1. The van der Waals surface area contributed by atoms with Gasteiger partial charge in [0.2, 0.25) is 5.91 Å². The second-order valence-corrected chi connectivity index (χ2v) is 10.6. The summed E-state index contributed by atoms with van der Waals surface area (Å²) in [7, 11) is 0. The molecule has 0 spiro atoms. The third-order valence-corrected chi connectivity index (χ3v) is 6.59. The Morgan fingerprint density at radius 2 is 1.78 bits per heavy atom. The number of benzene rings is 3. The van der Waals surface area contributed by atoms with Gasteiger partial charge >= 0.3 is 0 Å². The van der Waals surface area contributed by atoms with Gasteiger partial charge in [-0.3, -0.25) is 9.59 Å². The summed E-state index contributed by atoms with van der Waals surface area (Å²) in [5.41, 5.74) is 5.05. The van der Waals surface area contributed by atoms with Crippen LogP contribution in [0.15, 0.2) is 72.8 Å². The van der Waals surface area contributed by atoms with Crippen LogP contribution in [0.1, 0.15) is 61.6 Å². The highest BCUT2D eigenvalue weighted by atomic mass is 16.5. The van der Waals surface area contributed by atoms with E-state index in [1.165, 1.54) is 5.56 Å². The van der Waals surface area contributed by atoms with Crippen LogP contribution in [0.2, 0.25) is 0 Å². The van der Waals surface area contributed by atoms with Crippen LogP contribution in [0.25, 0.3) is 0 Å². The van der Waals surface area contributed by atoms with Gasteiger partial charge in [0.25, 0.3) is 5.91 Å². The SMILES string of the molecule is Cc1cccc(CNC(=O)C(C)Oc2ccc3c(c2)C(c2ccccc2)N(C(=O)C(C)(C)C)CC3)c1. The number of nitrogens with one attached hydrogen (secondary N) is 1. The van der Waals surface area contributed by atoms with Crippen molar-refractivity contribution >= 4 is 11.8 Å². The standard InChI is InChI=1S/C31H36N2O3/c1-21-10-9-11-23(18-21)20-32-29(34)22(2)36-26-15-14-24-16-17-33(30(35)31(3,4)5)28(27(24)19-26)25-12-7-6-8-13-25/h6-15,18-19,22,28H,16-17,20H2,1-5H3,(H,32,34). The monoisotopic (exact) mass is 484 g/mol. The van der Waals surface area contributed by atoms with Crippen LogP contribution >= 0.6 is 0 Å². The maximum Gasteiger partial charge on any atom is 0.261 e. The number of fused-ring (bicyclic) bond motifs is 1. The normalized spacial score (nSPS) is 16.1. The number of carbonyl (C=O) groups is 2. The van der Waals surface area contributed by atoms with E-state index in [0.29, 0.717) is 18.8 Å². The van der Waals surface area contributed by atoms with Gasteiger partial charge in [-0.15, -0.1) is 0 Å². The van der Waals surface area contributed by atoms with Gasteiger partial charge in [0.05, 0.1) is 6.04 Å². The molecule has 3 aromatic carbocycles. The van der Waals surface area contributed by atoms with Crippen molar-refractivity contribution in [2.75, 3.05) is 6.54 Å². The Morgan fingerprint density at radius 3 is 2.47 bits per heavy atom. The summed E-state index contributed by atoms with van der Waals surface area (Å²) in [5.74, 6) is 0.577. The van der Waals surface area contributed by atoms with Gasteiger partial charge in [-0.25, -0.2) is 0 Å². The predicted molar refractivity (Wildman–Crippen MR) is 143 cm³/mol. The molecule has 1 N–H and O–H groups in total. The van der Waals surface area contributed by atoms with Crippen molar-refractivity contribution in [2.24, 2.45) is 5.41 Å². The number of aryl methyl sites for hydroxylation is 1. The average Bonchev–Trinajstić information content (AvgIpc) is 2.86. The van der Waals surface area contributed by atoms with E-state index < -0.39 is 11.5 Å². The van der Waals surface area contributed by atoms with Gasteiger partial charge < -0.3 is 15.0 Å². The first-order valence-corrected chi connectivity index (χ1v) is 12.6. The van der Waals surface area contributed by atoms with Crippen LogP contribution in [0.4, 0.5) is 0 Å². The Kier molecular flexibility index (Phi) is 7.48. The molecule has 36 heavy (non-hydrogen) atoms. The molecule has 1 aliphatic rings. The third kappa shape index (κ3) is 5.78. The largest absolute Gasteiger partial charge is 0.481 e. The fourth-order valence-corrected chi connectivity index (χ4v) is 4.72. The molecular weight excluding hydrogens is 448 g/mol. The second-order valence-electron chi connectivity index (χ2n) is 10.6. The van der Waals surface area contributed by atoms with E-state index in [4.69, 9.17) is 4.74 Å². The van der Waals surface area contributed by atoms with Crippen molar-refractivity contribution in [3.8, 4) is 5.75 Å². The Morgan fingerprint density at radius 1 is 1.03 bits per heavy atom. The maximum absolute atomic E-state index is 13.4. The minimum atomic E-state index is -0.654. The zero-order valence-corrected chi connectivity index (χ0v) is 21.9. The van der Waals surface area contributed by atoms with Crippen molar-refractivity contribution in [1.82, 2.24) is 10.2 Å². The molecule has 0 saturated heterocycles. The van der Waals surface area contributed by atoms with Crippen molar-refractivity contribution in [2.45, 2.75) is 59.7 Å². The number of hydrogen-bond donors (Lipinski definition) is 1. The van der Waals surface area contributed by atoms with E-state index in [1.807, 2.05) is 81.1 Å². The van der Waals surface area contributed by atoms with E-state index in [1.54, 1.807) is 6.92 Å². The predicted octanol–water partition coefficient (Wildman–Crippen LogP) is 5.60. The molecule has 188 valence electrons. The van der Waals surface area contributed by atoms with Crippen molar-refractivity contribution in [3.05, 3.63) is 101 Å². The lowest BCUT2D eigenvalue weighted by molar-refractivity contribution is -0.141. The quantitative estimate of drug-likeness (QED) is 0.496. The summed E-state index contributed by atoms with van der Waals surface area (Å²) in [5, 5.41) is 2.96. The summed E-state index contributed by atoms with van der Waals surface area (Å²) in [6.45, 7) is 10.8. The number of rotatable bonds is 6. The fraction of sp³-hybridized carbons (Fsp3) is 0.355. The number of amides is 2. The van der Waals surface area contributed by atoms with Gasteiger partial charge in [0, 0.05) is 18.5 Å². The molecule has 0 saturated carbocycles. The Balaban J connectivity index is 1.55. The van der Waals surface area contributed by atoms with Crippen molar-refractivity contribution in [3.63, 3.8) is 0 Å². The van der Waals surface area contributed by atoms with Gasteiger partial charge in [0.15, 0.2) is 6.10 Å². The first kappa shape index (κ1) is 25.5. The van der Waals surface area contributed by atoms with E-state index in [0.717, 1.165) is 28.7 Å². The van der Waals surface area contributed by atoms with Crippen molar-refractivity contribution in [1.29, 1.82) is 0 Å². The maximum atomic E-state index is 13.4. The van der Waals surface area contributed by atoms with Crippen LogP contribution < -0.4 is 10.1 Å². The Hall–Kier alpha value is -3.60. The Labute approximate surface area is 214 Å². The van der Waals surface area contributed by atoms with Gasteiger partial charge in [-0.1, -0.05) is 87.0 Å². The first-order chi connectivity index (χ1) is 17.1. The average molecular weight is 485 g/mol. The molecule has 0 bridgehead atoms. The molecule has 4 rings (SSSR count). The van der Waals surface area contributed by atoms with Crippen LogP contribution in [0.5, 0.6) is 5.75 Å². The van der Waals surface area contributed by atoms with Crippen molar-refractivity contribution < 1.29 is 14.3 Å². The molecule has 0 aromatic heterocycles. The van der Waals surface area contributed by atoms with Gasteiger partial charge in [-0.2, -0.15) is 0 Å². The minimum Gasteiger partial charge on any atom is -0.481 e. The fourth-order valence-electron chi connectivity index (χ4n) is 4.72. The summed E-state index contributed by atoms with van der Waals surface area (Å²) in [6, 6.07) is 24.0. The highest BCUT2D eigenvalue weighted by Crippen LogP contribution is 2.39. The smallest absolute Gasteiger partial charge is 0.261 e. The summed E-state index contributed by atoms with van der Waals surface area (Å²) < 4.78 is 6.09. The molecule has 1 aliphatic heterocycles. The molecule has 0 radical (unpaired) electrons. The summed E-state index contributed by atoms with van der Waals surface area (Å²) in [6.07, 6.45) is 0.131. The molecule has 1 heterocycles. The molecule has 3 aromatic rings. The van der Waals surface area contributed by atoms with Crippen LogP contribution in [0.3, 0.4) is 0 Å². The molecule has 2 atom stereocenters. The molecule has 2 amide bonds. The number of hydrogen-bond acceptors (Lipinski definition) is 3. The van der Waals surface area contributed by atoms with E-state index in [9.17, 15) is 9.59 Å². The van der Waals surface area contributed by atoms with Crippen LogP contribution in [-0.2, 0) is 22.6 Å². The zero-order chi connectivity index (χ0) is 25.9. The molecule has 5 heteroatoms. The second kappa shape index (κ2) is 10.6. The lowest BCUT2D eigenvalue weighted by atomic mass is 9.85. The van der Waals surface area contributed by atoms with Gasteiger partial charge in [0.1, 0.15) is 5.75 Å². The van der Waals surface area contributed by atoms with E-state index in [-0.39, 0.29) is 17.9 Å². The highest BCUT2D eigenvalue weighted by Gasteiger charge is 2.37. The van der Waals surface area contributed by atoms with E-state index in [2.05, 4.69) is 29.6 Å². The lowest BCUT2D eigenvalue weighted by Crippen LogP contribution is -2.45. The van der Waals surface area contributed by atoms with Gasteiger partial charge in [-0.05, 0) is 54.7 Å². The third-order valence-electron chi connectivity index (χ3n) is 6.59. The van der Waals surface area contributed by atoms with Crippen LogP contribution in [0, 0.1) is 12.3 Å². The zero-order valence-electron chi connectivity index (χ0n) is 21.9. The molecule has 5 nitrogen and oxygen atoms in total. The Bertz CT molecular complexity index is 1230. The van der Waals surface area contributed by atoms with Crippen LogP contribution in [-0.4, -0.2) is 29.4 Å². The molecule has 0 aliphatic carbocycles. The summed E-state index contributed by atoms with van der Waals surface area (Å²) >= 11 is 0.